The van der Waals surface area contributed by atoms with Crippen molar-refractivity contribution in [2.24, 2.45) is 5.10 Å². The SMILES string of the molecule is O=C(Nc1ccccc1C(=O)N/N=C/c1c[nH]c2ccccc12)c1ccc(Cl)cc1. The van der Waals surface area contributed by atoms with E-state index in [1.165, 1.54) is 0 Å². The van der Waals surface area contributed by atoms with Crippen LogP contribution in [0, 0.1) is 0 Å². The molecule has 1 aromatic heterocycles. The van der Waals surface area contributed by atoms with Crippen LogP contribution in [-0.2, 0) is 0 Å². The number of halogens is 1. The van der Waals surface area contributed by atoms with Gasteiger partial charge in [0.25, 0.3) is 11.8 Å². The lowest BCUT2D eigenvalue weighted by atomic mass is 10.1. The monoisotopic (exact) mass is 416 g/mol. The number of hydrogen-bond donors (Lipinski definition) is 3. The molecule has 148 valence electrons. The molecule has 6 nitrogen and oxygen atoms in total. The minimum Gasteiger partial charge on any atom is -0.361 e. The third-order valence-corrected chi connectivity index (χ3v) is 4.77. The number of nitrogens with one attached hydrogen (secondary N) is 3. The molecule has 0 aliphatic heterocycles. The zero-order valence-corrected chi connectivity index (χ0v) is 16.5. The van der Waals surface area contributed by atoms with Crippen molar-refractivity contribution >= 4 is 46.2 Å². The summed E-state index contributed by atoms with van der Waals surface area (Å²) in [5.41, 5.74) is 5.48. The maximum atomic E-state index is 12.6. The van der Waals surface area contributed by atoms with Crippen molar-refractivity contribution in [3.63, 3.8) is 0 Å². The standard InChI is InChI=1S/C23H17ClN4O2/c24-17-11-9-15(10-12-17)22(29)27-21-8-4-2-6-19(21)23(30)28-26-14-16-13-25-20-7-3-1-5-18(16)20/h1-14,25H,(H,27,29)(H,28,30)/b26-14+. The van der Waals surface area contributed by atoms with Crippen molar-refractivity contribution in [1.82, 2.24) is 10.4 Å². The number of H-pyrrole nitrogens is 1. The number of aromatic amines is 1. The van der Waals surface area contributed by atoms with Crippen molar-refractivity contribution in [2.75, 3.05) is 5.32 Å². The lowest BCUT2D eigenvalue weighted by Crippen LogP contribution is -2.21. The number of benzene rings is 3. The molecule has 4 aromatic rings. The highest BCUT2D eigenvalue weighted by molar-refractivity contribution is 6.30. The Morgan fingerprint density at radius 3 is 2.47 bits per heavy atom. The first-order valence-electron chi connectivity index (χ1n) is 9.17. The van der Waals surface area contributed by atoms with Crippen molar-refractivity contribution in [2.45, 2.75) is 0 Å². The average molecular weight is 417 g/mol. The Labute approximate surface area is 177 Å². The minimum atomic E-state index is -0.432. The second kappa shape index (κ2) is 8.63. The molecule has 0 unspecified atom stereocenters. The van der Waals surface area contributed by atoms with Gasteiger partial charge in [0.05, 0.1) is 17.5 Å². The van der Waals surface area contributed by atoms with Crippen molar-refractivity contribution in [3.05, 3.63) is 101 Å². The third kappa shape index (κ3) is 4.24. The molecule has 0 saturated heterocycles. The topological polar surface area (TPSA) is 86.3 Å². The largest absolute Gasteiger partial charge is 0.361 e. The molecule has 0 aliphatic rings. The normalized spacial score (nSPS) is 11.0. The molecule has 1 heterocycles. The van der Waals surface area contributed by atoms with E-state index in [0.29, 0.717) is 21.8 Å². The van der Waals surface area contributed by atoms with E-state index in [4.69, 9.17) is 11.6 Å². The summed E-state index contributed by atoms with van der Waals surface area (Å²) in [7, 11) is 0. The quantitative estimate of drug-likeness (QED) is 0.321. The van der Waals surface area contributed by atoms with Crippen LogP contribution >= 0.6 is 11.6 Å². The average Bonchev–Trinajstić information content (AvgIpc) is 3.17. The fourth-order valence-electron chi connectivity index (χ4n) is 3.01. The molecule has 0 saturated carbocycles. The zero-order chi connectivity index (χ0) is 20.9. The molecule has 0 atom stereocenters. The summed E-state index contributed by atoms with van der Waals surface area (Å²) in [6, 6.07) is 21.0. The second-order valence-corrected chi connectivity index (χ2v) is 6.93. The molecule has 3 aromatic carbocycles. The molecule has 0 bridgehead atoms. The van der Waals surface area contributed by atoms with Gasteiger partial charge < -0.3 is 10.3 Å². The van der Waals surface area contributed by atoms with Crippen LogP contribution in [0.2, 0.25) is 5.02 Å². The molecule has 4 rings (SSSR count). The minimum absolute atomic E-state index is 0.302. The highest BCUT2D eigenvalue weighted by Gasteiger charge is 2.13. The Bertz CT molecular complexity index is 1250. The molecule has 30 heavy (non-hydrogen) atoms. The first-order valence-corrected chi connectivity index (χ1v) is 9.55. The molecule has 2 amide bonds. The van der Waals surface area contributed by atoms with E-state index in [2.05, 4.69) is 20.8 Å². The van der Waals surface area contributed by atoms with Gasteiger partial charge in [-0.1, -0.05) is 41.9 Å². The number of nitrogens with zero attached hydrogens (tertiary/aromatic N) is 1. The highest BCUT2D eigenvalue weighted by atomic mass is 35.5. The van der Waals surface area contributed by atoms with E-state index in [1.54, 1.807) is 54.7 Å². The number of carbonyl (C=O) groups is 2. The van der Waals surface area contributed by atoms with Crippen LogP contribution in [0.3, 0.4) is 0 Å². The molecular weight excluding hydrogens is 400 g/mol. The lowest BCUT2D eigenvalue weighted by molar-refractivity contribution is 0.0956. The van der Waals surface area contributed by atoms with Crippen molar-refractivity contribution in [1.29, 1.82) is 0 Å². The summed E-state index contributed by atoms with van der Waals surface area (Å²) in [6.45, 7) is 0. The van der Waals surface area contributed by atoms with Gasteiger partial charge in [0.1, 0.15) is 0 Å². The van der Waals surface area contributed by atoms with E-state index >= 15 is 0 Å². The molecule has 0 fully saturated rings. The van der Waals surface area contributed by atoms with Crippen LogP contribution in [0.5, 0.6) is 0 Å². The number of amides is 2. The Morgan fingerprint density at radius 2 is 1.63 bits per heavy atom. The number of rotatable bonds is 5. The van der Waals surface area contributed by atoms with Gasteiger partial charge >= 0.3 is 0 Å². The van der Waals surface area contributed by atoms with E-state index in [9.17, 15) is 9.59 Å². The fourth-order valence-corrected chi connectivity index (χ4v) is 3.13. The predicted molar refractivity (Wildman–Crippen MR) is 119 cm³/mol. The van der Waals surface area contributed by atoms with E-state index in [0.717, 1.165) is 16.5 Å². The Kier molecular flexibility index (Phi) is 5.59. The third-order valence-electron chi connectivity index (χ3n) is 4.52. The molecule has 7 heteroatoms. The van der Waals surface area contributed by atoms with Crippen LogP contribution in [0.15, 0.2) is 84.1 Å². The van der Waals surface area contributed by atoms with Gasteiger partial charge in [-0.3, -0.25) is 9.59 Å². The number of para-hydroxylation sites is 2. The van der Waals surface area contributed by atoms with E-state index < -0.39 is 5.91 Å². The van der Waals surface area contributed by atoms with Crippen molar-refractivity contribution < 1.29 is 9.59 Å². The van der Waals surface area contributed by atoms with Crippen molar-refractivity contribution in [3.8, 4) is 0 Å². The first kappa shape index (κ1) is 19.4. The van der Waals surface area contributed by atoms with Gasteiger partial charge in [0.2, 0.25) is 0 Å². The maximum Gasteiger partial charge on any atom is 0.273 e. The summed E-state index contributed by atoms with van der Waals surface area (Å²) >= 11 is 5.86. The van der Waals surface area contributed by atoms with Gasteiger partial charge in [-0.2, -0.15) is 5.10 Å². The van der Waals surface area contributed by atoms with Gasteiger partial charge in [0.15, 0.2) is 0 Å². The fraction of sp³-hybridized carbons (Fsp3) is 0. The molecule has 0 radical (unpaired) electrons. The zero-order valence-electron chi connectivity index (χ0n) is 15.7. The summed E-state index contributed by atoms with van der Waals surface area (Å²) in [5.74, 6) is -0.771. The number of anilines is 1. The lowest BCUT2D eigenvalue weighted by Gasteiger charge is -2.10. The van der Waals surface area contributed by atoms with E-state index in [1.807, 2.05) is 30.5 Å². The van der Waals surface area contributed by atoms with Crippen LogP contribution in [0.4, 0.5) is 5.69 Å². The molecule has 0 aliphatic carbocycles. The van der Waals surface area contributed by atoms with E-state index in [-0.39, 0.29) is 5.91 Å². The Balaban J connectivity index is 1.48. The van der Waals surface area contributed by atoms with Crippen LogP contribution in [0.25, 0.3) is 10.9 Å². The summed E-state index contributed by atoms with van der Waals surface area (Å²) in [4.78, 5) is 28.2. The first-order chi connectivity index (χ1) is 14.6. The number of hydrogen-bond acceptors (Lipinski definition) is 3. The Hall–Kier alpha value is -3.90. The number of hydrazone groups is 1. The maximum absolute atomic E-state index is 12.6. The predicted octanol–water partition coefficient (Wildman–Crippen LogP) is 4.84. The number of fused-ring (bicyclic) bond motifs is 1. The molecule has 3 N–H and O–H groups in total. The highest BCUT2D eigenvalue weighted by Crippen LogP contribution is 2.18. The van der Waals surface area contributed by atoms with Gasteiger partial charge in [0, 0.05) is 33.2 Å². The second-order valence-electron chi connectivity index (χ2n) is 6.50. The summed E-state index contributed by atoms with van der Waals surface area (Å²) < 4.78 is 0. The van der Waals surface area contributed by atoms with Crippen LogP contribution in [0.1, 0.15) is 26.3 Å². The van der Waals surface area contributed by atoms with Gasteiger partial charge in [-0.15, -0.1) is 0 Å². The Morgan fingerprint density at radius 1 is 0.900 bits per heavy atom. The summed E-state index contributed by atoms with van der Waals surface area (Å²) in [6.07, 6.45) is 3.40. The van der Waals surface area contributed by atoms with Crippen LogP contribution < -0.4 is 10.7 Å². The number of aromatic nitrogens is 1. The number of carbonyl (C=O) groups excluding carboxylic acids is 2. The van der Waals surface area contributed by atoms with Gasteiger partial charge in [-0.25, -0.2) is 5.43 Å². The smallest absolute Gasteiger partial charge is 0.273 e. The molecular formula is C23H17ClN4O2. The van der Waals surface area contributed by atoms with Crippen LogP contribution in [-0.4, -0.2) is 23.0 Å². The van der Waals surface area contributed by atoms with Gasteiger partial charge in [-0.05, 0) is 42.5 Å². The summed E-state index contributed by atoms with van der Waals surface area (Å²) in [5, 5.41) is 8.36. The molecule has 0 spiro atoms.